The molecule has 8 aromatic heterocycles. The Balaban J connectivity index is 0.000000134. The van der Waals surface area contributed by atoms with Crippen molar-refractivity contribution in [2.45, 2.75) is 47.7 Å². The number of aromatic nitrogens is 4. The topological polar surface area (TPSA) is 225 Å². The first-order valence-corrected chi connectivity index (χ1v) is 41.0. The van der Waals surface area contributed by atoms with Crippen LogP contribution in [-0.4, -0.2) is 202 Å². The summed E-state index contributed by atoms with van der Waals surface area (Å²) in [5.41, 5.74) is 5.97. The molecule has 22 nitrogen and oxygen atoms in total. The van der Waals surface area contributed by atoms with E-state index >= 15 is 0 Å². The third kappa shape index (κ3) is 17.6. The van der Waals surface area contributed by atoms with Crippen LogP contribution in [0.1, 0.15) is 90.6 Å². The summed E-state index contributed by atoms with van der Waals surface area (Å²) < 4.78 is 106. The first kappa shape index (κ1) is 78.1. The van der Waals surface area contributed by atoms with E-state index in [0.717, 1.165) is 120 Å². The van der Waals surface area contributed by atoms with Crippen LogP contribution >= 0.6 is 45.3 Å². The molecule has 0 aliphatic carbocycles. The summed E-state index contributed by atoms with van der Waals surface area (Å²) in [4.78, 5) is 61.9. The summed E-state index contributed by atoms with van der Waals surface area (Å²) in [7, 11) is -1.25. The Morgan fingerprint density at radius 3 is 1.11 bits per heavy atom. The van der Waals surface area contributed by atoms with Gasteiger partial charge in [-0.2, -0.15) is 25.4 Å². The summed E-state index contributed by atoms with van der Waals surface area (Å²) in [5, 5.41) is 3.74. The largest absolute Gasteiger partial charge is 0.497 e. The average molecular weight is 1570 g/mol. The molecule has 0 amide bonds. The number of ketones is 4. The highest BCUT2D eigenvalue weighted by molar-refractivity contribution is 7.88. The number of methoxy groups -OCH3 is 2. The van der Waals surface area contributed by atoms with Crippen LogP contribution in [-0.2, 0) is 47.7 Å². The molecule has 0 spiro atoms. The van der Waals surface area contributed by atoms with E-state index < -0.39 is 20.4 Å². The lowest BCUT2D eigenvalue weighted by atomic mass is 10.1. The minimum absolute atomic E-state index is 0.0522. The molecular weight excluding hydrogens is 1480 g/mol. The molecule has 12 aromatic rings. The second-order valence-electron chi connectivity index (χ2n) is 25.9. The molecule has 3 saturated heterocycles. The molecule has 11 heterocycles. The van der Waals surface area contributed by atoms with Crippen LogP contribution in [0, 0.1) is 33.5 Å². The van der Waals surface area contributed by atoms with Gasteiger partial charge in [0.1, 0.15) is 42.4 Å². The highest BCUT2D eigenvalue weighted by atomic mass is 32.2. The predicted molar refractivity (Wildman–Crippen MR) is 421 cm³/mol. The van der Waals surface area contributed by atoms with Gasteiger partial charge in [0, 0.05) is 146 Å². The smallest absolute Gasteiger partial charge is 0.309 e. The van der Waals surface area contributed by atoms with Gasteiger partial charge in [0.2, 0.25) is 23.1 Å². The standard InChI is InChI=1S/C22H26N2O3S.C20H21FN2O2S.C19H20N2O5S2.C17H18N2O4S2/c1-3-27-19-6-4-17(5-7-19)21(25)20-15-18-14-16(2)24(22(18)28-20)9-8-23-10-12-26-13-11-23;1-14-12-16-13-18(19(24)15-2-4-17(21)5-3-15)26-20(16)23(14)7-6-22-8-10-25-11-9-22;1-13-11-15-12-17(18(22)14-3-5-16(25-2)6-4-14)27-19(15)21(13)28(23,24)20-7-9-26-10-8-20;1-11-9-13-10-15(16(20)12-5-7-14(23-4)8-6-12)24-17(13)19(11)25(21,22)18(2)3/h4-7,14-15H,3,8-13H2,1-2H3;2-5,12-13H,6-11H2,1H3;3-6,11-12H,7-10H2,1-2H3;5-10H,1-4H3. The highest BCUT2D eigenvalue weighted by Crippen LogP contribution is 2.37. The zero-order valence-corrected chi connectivity index (χ0v) is 65.9. The molecule has 564 valence electrons. The first-order valence-electron chi connectivity index (χ1n) is 34.9. The van der Waals surface area contributed by atoms with Crippen LogP contribution in [0.15, 0.2) is 146 Å². The maximum absolute atomic E-state index is 13.1. The number of carbonyl (C=O) groups excluding carboxylic acids is 4. The molecule has 15 rings (SSSR count). The third-order valence-corrected chi connectivity index (χ3v) is 27.3. The molecule has 0 bridgehead atoms. The third-order valence-electron chi connectivity index (χ3n) is 18.6. The van der Waals surface area contributed by atoms with Crippen LogP contribution in [0.4, 0.5) is 4.39 Å². The number of ether oxygens (including phenoxy) is 6. The number of aryl methyl sites for hydroxylation is 4. The summed E-state index contributed by atoms with van der Waals surface area (Å²) in [5.74, 6) is 1.54. The van der Waals surface area contributed by atoms with E-state index in [9.17, 15) is 40.4 Å². The molecule has 107 heavy (non-hydrogen) atoms. The Bertz CT molecular complexity index is 5380. The SMILES string of the molecule is CCOc1ccc(C(=O)c2cc3cc(C)n(CCN4CCOCC4)c3s2)cc1.COc1ccc(C(=O)c2cc3cc(C)n(S(=O)(=O)N(C)C)c3s2)cc1.COc1ccc(C(=O)c2cc3cc(C)n(S(=O)(=O)N4CCOCC4)c3s2)cc1.Cc1cc2cc(C(=O)c3ccc(F)cc3)sc2n1CCN1CCOCC1. The van der Waals surface area contributed by atoms with Crippen molar-refractivity contribution in [3.05, 3.63) is 216 Å². The second-order valence-corrected chi connectivity index (χ2v) is 33.8. The fourth-order valence-corrected chi connectivity index (χ4v) is 20.8. The number of benzene rings is 4. The molecule has 3 aliphatic heterocycles. The lowest BCUT2D eigenvalue weighted by molar-refractivity contribution is 0.0364. The normalized spacial score (nSPS) is 14.7. The monoisotopic (exact) mass is 1570 g/mol. The molecule has 4 aromatic carbocycles. The number of morpholine rings is 3. The van der Waals surface area contributed by atoms with Crippen molar-refractivity contribution >= 4 is 130 Å². The quantitative estimate of drug-likeness (QED) is 0.0575. The molecule has 0 radical (unpaired) electrons. The number of halogens is 1. The maximum Gasteiger partial charge on any atom is 0.309 e. The molecule has 29 heteroatoms. The number of hydrogen-bond donors (Lipinski definition) is 0. The van der Waals surface area contributed by atoms with Crippen LogP contribution in [0.3, 0.4) is 0 Å². The van der Waals surface area contributed by atoms with E-state index in [2.05, 4.69) is 44.9 Å². The van der Waals surface area contributed by atoms with Crippen molar-refractivity contribution in [3.63, 3.8) is 0 Å². The Kier molecular flexibility index (Phi) is 25.1. The Hall–Kier alpha value is -8.53. The number of fused-ring (bicyclic) bond motifs is 4. The van der Waals surface area contributed by atoms with Gasteiger partial charge in [-0.05, 0) is 180 Å². The highest BCUT2D eigenvalue weighted by Gasteiger charge is 2.31. The Labute approximate surface area is 637 Å². The van der Waals surface area contributed by atoms with Crippen molar-refractivity contribution in [1.29, 1.82) is 0 Å². The van der Waals surface area contributed by atoms with Gasteiger partial charge in [0.25, 0.3) is 0 Å². The lowest BCUT2D eigenvalue weighted by Crippen LogP contribution is -2.43. The lowest BCUT2D eigenvalue weighted by Gasteiger charge is -2.26. The molecule has 0 N–H and O–H groups in total. The van der Waals surface area contributed by atoms with Gasteiger partial charge < -0.3 is 37.6 Å². The van der Waals surface area contributed by atoms with Gasteiger partial charge in [-0.25, -0.2) is 12.3 Å². The van der Waals surface area contributed by atoms with E-state index in [4.69, 9.17) is 28.4 Å². The number of hydrogen-bond acceptors (Lipinski definition) is 20. The van der Waals surface area contributed by atoms with Crippen LogP contribution < -0.4 is 14.2 Å². The van der Waals surface area contributed by atoms with Crippen molar-refractivity contribution < 1.29 is 68.8 Å². The van der Waals surface area contributed by atoms with Crippen LogP contribution in [0.2, 0.25) is 0 Å². The van der Waals surface area contributed by atoms with E-state index in [1.54, 1.807) is 124 Å². The van der Waals surface area contributed by atoms with Gasteiger partial charge >= 0.3 is 20.4 Å². The molecule has 3 fully saturated rings. The molecule has 0 unspecified atom stereocenters. The Morgan fingerprint density at radius 1 is 0.430 bits per heavy atom. The summed E-state index contributed by atoms with van der Waals surface area (Å²) in [6, 6.07) is 42.2. The maximum atomic E-state index is 13.1. The number of rotatable bonds is 22. The van der Waals surface area contributed by atoms with E-state index in [-0.39, 0.29) is 29.0 Å². The van der Waals surface area contributed by atoms with Crippen LogP contribution in [0.25, 0.3) is 40.9 Å². The van der Waals surface area contributed by atoms with Crippen molar-refractivity contribution in [1.82, 2.24) is 35.5 Å². The molecule has 0 saturated carbocycles. The summed E-state index contributed by atoms with van der Waals surface area (Å²) >= 11 is 5.47. The second kappa shape index (κ2) is 34.4. The molecule has 3 aliphatic rings. The molecule has 0 atom stereocenters. The van der Waals surface area contributed by atoms with Crippen molar-refractivity contribution in [3.8, 4) is 17.2 Å². The zero-order valence-electron chi connectivity index (χ0n) is 61.0. The number of carbonyl (C=O) groups is 4. The van der Waals surface area contributed by atoms with Gasteiger partial charge in [-0.15, -0.1) is 45.3 Å². The minimum atomic E-state index is -3.71. The molecular formula is C78H85FN8O14S6. The zero-order chi connectivity index (χ0) is 75.8. The van der Waals surface area contributed by atoms with E-state index in [1.807, 2.05) is 43.3 Å². The van der Waals surface area contributed by atoms with E-state index in [0.29, 0.717) is 102 Å². The summed E-state index contributed by atoms with van der Waals surface area (Å²) in [6.07, 6.45) is 0. The minimum Gasteiger partial charge on any atom is -0.497 e. The van der Waals surface area contributed by atoms with Gasteiger partial charge in [0.05, 0.1) is 80.0 Å². The predicted octanol–water partition coefficient (Wildman–Crippen LogP) is 13.3. The fourth-order valence-electron chi connectivity index (χ4n) is 12.8. The van der Waals surface area contributed by atoms with Gasteiger partial charge in [-0.1, -0.05) is 0 Å². The van der Waals surface area contributed by atoms with E-state index in [1.165, 1.54) is 88.7 Å². The van der Waals surface area contributed by atoms with Gasteiger partial charge in [0.15, 0.2) is 0 Å². The first-order chi connectivity index (χ1) is 51.4. The van der Waals surface area contributed by atoms with Gasteiger partial charge in [-0.3, -0.25) is 29.0 Å². The number of nitrogens with zero attached hydrogens (tertiary/aromatic N) is 8. The van der Waals surface area contributed by atoms with Crippen LogP contribution in [0.5, 0.6) is 17.2 Å². The van der Waals surface area contributed by atoms with Crippen molar-refractivity contribution in [2.24, 2.45) is 0 Å². The fraction of sp³-hybridized carbons (Fsp3) is 0.333. The Morgan fingerprint density at radius 2 is 0.748 bits per heavy atom. The van der Waals surface area contributed by atoms with Crippen molar-refractivity contribution in [2.75, 3.05) is 127 Å². The summed E-state index contributed by atoms with van der Waals surface area (Å²) in [6.45, 7) is 22.7. The average Bonchev–Trinajstić information content (AvgIpc) is 1.62. The number of thiophene rings is 4.